The van der Waals surface area contributed by atoms with Gasteiger partial charge < -0.3 is 20.1 Å². The summed E-state index contributed by atoms with van der Waals surface area (Å²) in [5, 5.41) is 0.163. The van der Waals surface area contributed by atoms with Crippen LogP contribution in [-0.2, 0) is 4.74 Å². The number of benzene rings is 2. The van der Waals surface area contributed by atoms with Crippen LogP contribution in [0.2, 0.25) is 0 Å². The van der Waals surface area contributed by atoms with Gasteiger partial charge in [-0.3, -0.25) is 9.88 Å². The minimum absolute atomic E-state index is 0.00913. The number of morpholine rings is 1. The largest absolute Gasteiger partial charge is 0.461 e. The molecular weight excluding hydrogens is 595 g/mol. The Balaban J connectivity index is 1.33. The highest BCUT2D eigenvalue weighted by Gasteiger charge is 2.59. The molecule has 4 aromatic rings. The number of terminal acetylenes is 1. The molecule has 232 valence electrons. The number of anilines is 2. The topological polar surface area (TPSA) is 89.6 Å². The molecule has 0 bridgehead atoms. The van der Waals surface area contributed by atoms with Gasteiger partial charge in [-0.2, -0.15) is 9.97 Å². The molecular formula is C32H27F5N6O2. The third-order valence-corrected chi connectivity index (χ3v) is 9.24. The van der Waals surface area contributed by atoms with Crippen molar-refractivity contribution in [1.29, 1.82) is 0 Å². The molecule has 13 heteroatoms. The summed E-state index contributed by atoms with van der Waals surface area (Å²) in [4.78, 5) is 16.4. The van der Waals surface area contributed by atoms with Crippen molar-refractivity contribution >= 4 is 33.2 Å². The van der Waals surface area contributed by atoms with E-state index in [1.165, 1.54) is 18.3 Å². The Hall–Kier alpha value is -4.28. The fraction of sp³-hybridized carbons (Fsp3) is 0.406. The molecule has 4 aliphatic rings. The molecule has 5 heterocycles. The van der Waals surface area contributed by atoms with Crippen molar-refractivity contribution in [3.05, 3.63) is 47.4 Å². The van der Waals surface area contributed by atoms with Gasteiger partial charge in [0.2, 0.25) is 0 Å². The van der Waals surface area contributed by atoms with Crippen molar-refractivity contribution in [1.82, 2.24) is 19.9 Å². The number of nitrogens with zero attached hydrogens (tertiary/aromatic N) is 5. The third-order valence-electron chi connectivity index (χ3n) is 9.24. The second kappa shape index (κ2) is 10.1. The molecule has 45 heavy (non-hydrogen) atoms. The van der Waals surface area contributed by atoms with Crippen LogP contribution in [0.25, 0.3) is 32.9 Å². The lowest BCUT2D eigenvalue weighted by Crippen LogP contribution is -2.43. The summed E-state index contributed by atoms with van der Waals surface area (Å²) in [5.74, 6) is -1.37. The second-order valence-corrected chi connectivity index (χ2v) is 11.9. The van der Waals surface area contributed by atoms with Crippen molar-refractivity contribution in [3.63, 3.8) is 0 Å². The quantitative estimate of drug-likeness (QED) is 0.194. The molecule has 1 aliphatic carbocycles. The number of hydrogen-bond acceptors (Lipinski definition) is 8. The van der Waals surface area contributed by atoms with Gasteiger partial charge in [-0.25, -0.2) is 22.0 Å². The van der Waals surface area contributed by atoms with Gasteiger partial charge in [0, 0.05) is 42.3 Å². The van der Waals surface area contributed by atoms with Crippen LogP contribution in [0.15, 0.2) is 24.4 Å². The van der Waals surface area contributed by atoms with Crippen LogP contribution in [0.5, 0.6) is 6.01 Å². The first kappa shape index (κ1) is 26.0. The van der Waals surface area contributed by atoms with E-state index in [-0.39, 0.29) is 70.6 Å². The van der Waals surface area contributed by atoms with Crippen LogP contribution in [0, 0.1) is 29.8 Å². The summed E-state index contributed by atoms with van der Waals surface area (Å²) in [6, 6.07) is 2.30. The first-order chi connectivity index (χ1) is 22.4. The Kier molecular flexibility index (Phi) is 5.84. The van der Waals surface area contributed by atoms with Crippen molar-refractivity contribution in [3.8, 4) is 29.6 Å². The van der Waals surface area contributed by atoms with Crippen molar-refractivity contribution in [2.75, 3.05) is 43.4 Å². The second-order valence-electron chi connectivity index (χ2n) is 11.9. The average Bonchev–Trinajstić information content (AvgIpc) is 3.32. The molecule has 3 saturated heterocycles. The predicted molar refractivity (Wildman–Crippen MR) is 157 cm³/mol. The van der Waals surface area contributed by atoms with Gasteiger partial charge in [0.15, 0.2) is 23.6 Å². The number of nitrogen functional groups attached to an aromatic ring is 1. The van der Waals surface area contributed by atoms with E-state index in [1.807, 2.05) is 0 Å². The minimum atomic E-state index is -2.50. The minimum Gasteiger partial charge on any atom is -0.461 e. The summed E-state index contributed by atoms with van der Waals surface area (Å²) in [6.07, 6.45) is 4.37. The molecule has 1 saturated carbocycles. The number of nitrogens with two attached hydrogens (primary N) is 1. The highest BCUT2D eigenvalue weighted by molar-refractivity contribution is 6.04. The smallest absolute Gasteiger partial charge is 0.319 e. The first-order valence-electron chi connectivity index (χ1n) is 15.6. The Morgan fingerprint density at radius 3 is 2.84 bits per heavy atom. The van der Waals surface area contributed by atoms with Gasteiger partial charge in [-0.05, 0) is 43.0 Å². The van der Waals surface area contributed by atoms with E-state index >= 15 is 4.39 Å². The summed E-state index contributed by atoms with van der Waals surface area (Å²) in [5.41, 5.74) is 3.66. The normalized spacial score (nSPS) is 28.5. The predicted octanol–water partition coefficient (Wildman–Crippen LogP) is 4.71. The number of ether oxygens (including phenoxy) is 2. The van der Waals surface area contributed by atoms with E-state index in [2.05, 4.69) is 20.9 Å². The van der Waals surface area contributed by atoms with Gasteiger partial charge in [-0.1, -0.05) is 5.92 Å². The zero-order valence-electron chi connectivity index (χ0n) is 25.7. The highest BCUT2D eigenvalue weighted by Crippen LogP contribution is 2.44. The lowest BCUT2D eigenvalue weighted by molar-refractivity contribution is 0.0912. The standard InChI is InChI=1S/C32H27F5N6O2/c1-2-18-22-15(9-21(34)23(18)35)8-17(38)10-19(22)26-24(36)27-20(12-39-26)30(43-6-7-44-29-25(37)28(29)43)41-31(40-27)45-14-32-4-3-5-42(32)13-16(33)11-32/h1,8-10,12,16,25,28-29H,3-7,11,13-14,38H2/t16-,25-,28-,29+,32+/m1/s1/i14D2. The number of hydrogen-bond donors (Lipinski definition) is 1. The number of pyridine rings is 1. The molecule has 2 N–H and O–H groups in total. The zero-order chi connectivity index (χ0) is 33.0. The summed E-state index contributed by atoms with van der Waals surface area (Å²) < 4.78 is 105. The average molecular weight is 625 g/mol. The fourth-order valence-corrected chi connectivity index (χ4v) is 7.16. The zero-order valence-corrected chi connectivity index (χ0v) is 23.7. The van der Waals surface area contributed by atoms with Crippen LogP contribution in [-0.4, -0.2) is 82.7 Å². The molecule has 2 aromatic carbocycles. The van der Waals surface area contributed by atoms with Gasteiger partial charge in [0.1, 0.15) is 35.9 Å². The van der Waals surface area contributed by atoms with E-state index in [9.17, 15) is 17.6 Å². The van der Waals surface area contributed by atoms with Crippen LogP contribution in [0.4, 0.5) is 33.5 Å². The summed E-state index contributed by atoms with van der Waals surface area (Å²) in [6.45, 7) is -1.61. The van der Waals surface area contributed by atoms with Gasteiger partial charge in [0.05, 0.1) is 31.9 Å². The van der Waals surface area contributed by atoms with Gasteiger partial charge in [-0.15, -0.1) is 6.42 Å². The van der Waals surface area contributed by atoms with E-state index in [1.54, 1.807) is 9.80 Å². The summed E-state index contributed by atoms with van der Waals surface area (Å²) >= 11 is 0. The van der Waals surface area contributed by atoms with Crippen LogP contribution >= 0.6 is 0 Å². The Morgan fingerprint density at radius 2 is 2.02 bits per heavy atom. The Bertz CT molecular complexity index is 2030. The fourth-order valence-electron chi connectivity index (χ4n) is 7.16. The molecule has 0 radical (unpaired) electrons. The van der Waals surface area contributed by atoms with E-state index in [0.717, 1.165) is 6.07 Å². The molecule has 3 aliphatic heterocycles. The molecule has 0 amide bonds. The van der Waals surface area contributed by atoms with Crippen LogP contribution in [0.1, 0.15) is 27.6 Å². The number of alkyl halides is 2. The van der Waals surface area contributed by atoms with Crippen LogP contribution < -0.4 is 15.4 Å². The maximum Gasteiger partial charge on any atom is 0.319 e. The van der Waals surface area contributed by atoms with E-state index in [4.69, 9.17) is 24.4 Å². The van der Waals surface area contributed by atoms with Crippen LogP contribution in [0.3, 0.4) is 0 Å². The maximum absolute atomic E-state index is 16.8. The number of halogens is 5. The number of aromatic nitrogens is 3. The van der Waals surface area contributed by atoms with E-state index < -0.39 is 65.6 Å². The Morgan fingerprint density at radius 1 is 1.18 bits per heavy atom. The molecule has 4 fully saturated rings. The van der Waals surface area contributed by atoms with Gasteiger partial charge in [0.25, 0.3) is 0 Å². The van der Waals surface area contributed by atoms with Crippen molar-refractivity contribution < 1.29 is 34.2 Å². The third kappa shape index (κ3) is 4.29. The molecule has 5 atom stereocenters. The molecule has 0 spiro atoms. The Labute approximate surface area is 257 Å². The molecule has 0 unspecified atom stereocenters. The maximum atomic E-state index is 16.8. The lowest BCUT2D eigenvalue weighted by atomic mass is 9.95. The van der Waals surface area contributed by atoms with Crippen molar-refractivity contribution in [2.24, 2.45) is 0 Å². The molecule has 2 aromatic heterocycles. The van der Waals surface area contributed by atoms with Gasteiger partial charge >= 0.3 is 6.01 Å². The summed E-state index contributed by atoms with van der Waals surface area (Å²) in [7, 11) is 0. The SMILES string of the molecule is [2H]C([2H])(Oc1nc(N2CCO[C@H]3[C@H](F)[C@H]32)c2cnc(-c3cc(N)cc4cc(F)c(F)c(C#C)c34)c(F)c2n1)[C@@]12CCCN1C[C@H](F)C2. The van der Waals surface area contributed by atoms with Crippen molar-refractivity contribution in [2.45, 2.75) is 49.3 Å². The number of fused-ring (bicyclic) bond motifs is 4. The monoisotopic (exact) mass is 624 g/mol. The lowest BCUT2D eigenvalue weighted by Gasteiger charge is -2.31. The first-order valence-corrected chi connectivity index (χ1v) is 14.6. The molecule has 8 rings (SSSR count). The molecule has 8 nitrogen and oxygen atoms in total. The van der Waals surface area contributed by atoms with E-state index in [0.29, 0.717) is 19.4 Å². The number of rotatable bonds is 5. The highest BCUT2D eigenvalue weighted by atomic mass is 19.2.